The van der Waals surface area contributed by atoms with Gasteiger partial charge in [0.25, 0.3) is 0 Å². The summed E-state index contributed by atoms with van der Waals surface area (Å²) in [6.45, 7) is 8.72. The predicted octanol–water partition coefficient (Wildman–Crippen LogP) is 2.16. The molecule has 1 aliphatic heterocycles. The minimum Gasteiger partial charge on any atom is -0.381 e. The van der Waals surface area contributed by atoms with Crippen LogP contribution in [0.1, 0.15) is 12.8 Å². The zero-order chi connectivity index (χ0) is 6.95. The molecule has 1 aliphatic rings. The van der Waals surface area contributed by atoms with Gasteiger partial charge < -0.3 is 4.74 Å². The van der Waals surface area contributed by atoms with Gasteiger partial charge in [-0.25, -0.2) is 0 Å². The lowest BCUT2D eigenvalue weighted by Crippen LogP contribution is -1.74. The fourth-order valence-electron chi connectivity index (χ4n) is 0.510. The van der Waals surface area contributed by atoms with Gasteiger partial charge in [0.05, 0.1) is 0 Å². The topological polar surface area (TPSA) is 9.23 Å². The van der Waals surface area contributed by atoms with E-state index in [1.807, 2.05) is 0 Å². The normalized spacial score (nSPS) is 15.6. The average Bonchev–Trinajstić information content (AvgIpc) is 2.43. The molecule has 1 fully saturated rings. The van der Waals surface area contributed by atoms with Crippen LogP contribution in [0.2, 0.25) is 0 Å². The van der Waals surface area contributed by atoms with Crippen molar-refractivity contribution < 1.29 is 4.74 Å². The molecule has 1 saturated heterocycles. The Morgan fingerprint density at radius 2 is 1.44 bits per heavy atom. The van der Waals surface area contributed by atoms with Gasteiger partial charge >= 0.3 is 0 Å². The van der Waals surface area contributed by atoms with Crippen molar-refractivity contribution in [2.45, 2.75) is 12.8 Å². The van der Waals surface area contributed by atoms with Gasteiger partial charge in [0.2, 0.25) is 0 Å². The highest BCUT2D eigenvalue weighted by Gasteiger charge is 1.94. The third-order valence-electron chi connectivity index (χ3n) is 0.994. The Morgan fingerprint density at radius 3 is 1.56 bits per heavy atom. The zero-order valence-electron chi connectivity index (χ0n) is 5.81. The number of allylic oxidation sites excluding steroid dienone is 2. The van der Waals surface area contributed by atoms with Crippen LogP contribution >= 0.6 is 0 Å². The van der Waals surface area contributed by atoms with Crippen molar-refractivity contribution >= 4 is 0 Å². The molecule has 0 bridgehead atoms. The van der Waals surface area contributed by atoms with E-state index in [4.69, 9.17) is 4.74 Å². The summed E-state index contributed by atoms with van der Waals surface area (Å²) in [6, 6.07) is 0. The van der Waals surface area contributed by atoms with Gasteiger partial charge in [-0.3, -0.25) is 0 Å². The molecule has 0 spiro atoms. The summed E-state index contributed by atoms with van der Waals surface area (Å²) in [4.78, 5) is 0. The number of rotatable bonds is 1. The molecule has 9 heavy (non-hydrogen) atoms. The number of hydrogen-bond acceptors (Lipinski definition) is 1. The largest absolute Gasteiger partial charge is 0.381 e. The van der Waals surface area contributed by atoms with E-state index in [2.05, 4.69) is 13.2 Å². The van der Waals surface area contributed by atoms with E-state index in [-0.39, 0.29) is 0 Å². The quantitative estimate of drug-likeness (QED) is 0.489. The Balaban J connectivity index is 0.000000148. The molecule has 1 heteroatoms. The van der Waals surface area contributed by atoms with E-state index >= 15 is 0 Å². The molecule has 0 aliphatic carbocycles. The summed E-state index contributed by atoms with van der Waals surface area (Å²) in [5.74, 6) is 0. The smallest absolute Gasteiger partial charge is 0.0466 e. The molecule has 0 unspecified atom stereocenters. The first-order chi connectivity index (χ1) is 4.41. The van der Waals surface area contributed by atoms with Crippen molar-refractivity contribution in [2.24, 2.45) is 0 Å². The second-order valence-electron chi connectivity index (χ2n) is 1.79. The molecule has 0 aromatic rings. The molecule has 0 radical (unpaired) electrons. The molecule has 0 amide bonds. The first-order valence-corrected chi connectivity index (χ1v) is 3.23. The Kier molecular flexibility index (Phi) is 6.98. The summed E-state index contributed by atoms with van der Waals surface area (Å²) in [6.07, 6.45) is 5.83. The van der Waals surface area contributed by atoms with Crippen LogP contribution in [0.25, 0.3) is 0 Å². The maximum absolute atomic E-state index is 4.94. The van der Waals surface area contributed by atoms with Gasteiger partial charge in [-0.15, -0.1) is 0 Å². The minimum absolute atomic E-state index is 1.00. The van der Waals surface area contributed by atoms with Crippen molar-refractivity contribution in [3.05, 3.63) is 25.3 Å². The predicted molar refractivity (Wildman–Crippen MR) is 40.4 cm³/mol. The van der Waals surface area contributed by atoms with Gasteiger partial charge in [0, 0.05) is 13.2 Å². The maximum atomic E-state index is 4.94. The van der Waals surface area contributed by atoms with Crippen molar-refractivity contribution in [3.8, 4) is 0 Å². The average molecular weight is 126 g/mol. The minimum atomic E-state index is 1.00. The Hall–Kier alpha value is -0.560. The van der Waals surface area contributed by atoms with E-state index in [9.17, 15) is 0 Å². The first kappa shape index (κ1) is 8.44. The molecule has 0 aromatic carbocycles. The lowest BCUT2D eigenvalue weighted by Gasteiger charge is -1.76. The molecular weight excluding hydrogens is 112 g/mol. The summed E-state index contributed by atoms with van der Waals surface area (Å²) < 4.78 is 4.94. The standard InChI is InChI=1S/C4H8O.C4H6/c1-2-4-5-3-1;1-3-4-2/h1-4H2;3-4H,1-2H2. The van der Waals surface area contributed by atoms with Crippen LogP contribution in [0, 0.1) is 0 Å². The Labute approximate surface area is 57.0 Å². The molecule has 0 atom stereocenters. The molecule has 0 aromatic heterocycles. The van der Waals surface area contributed by atoms with Crippen LogP contribution in [-0.4, -0.2) is 13.2 Å². The van der Waals surface area contributed by atoms with Crippen molar-refractivity contribution in [2.75, 3.05) is 13.2 Å². The molecule has 1 heterocycles. The lowest BCUT2D eigenvalue weighted by molar-refractivity contribution is 0.198. The summed E-state index contributed by atoms with van der Waals surface area (Å²) in [5, 5.41) is 0. The Bertz CT molecular complexity index is 59.0. The van der Waals surface area contributed by atoms with Gasteiger partial charge in [-0.2, -0.15) is 0 Å². The fourth-order valence-corrected chi connectivity index (χ4v) is 0.510. The van der Waals surface area contributed by atoms with Crippen LogP contribution in [0.5, 0.6) is 0 Å². The number of ether oxygens (including phenoxy) is 1. The molecule has 1 nitrogen and oxygen atoms in total. The molecule has 1 rings (SSSR count). The van der Waals surface area contributed by atoms with E-state index < -0.39 is 0 Å². The molecular formula is C8H14O. The van der Waals surface area contributed by atoms with E-state index in [0.29, 0.717) is 0 Å². The SMILES string of the molecule is C1CCOC1.C=CC=C. The molecule has 0 saturated carbocycles. The summed E-state index contributed by atoms with van der Waals surface area (Å²) >= 11 is 0. The highest BCUT2D eigenvalue weighted by Crippen LogP contribution is 1.98. The van der Waals surface area contributed by atoms with Crippen molar-refractivity contribution in [1.29, 1.82) is 0 Å². The molecule has 52 valence electrons. The zero-order valence-corrected chi connectivity index (χ0v) is 5.81. The van der Waals surface area contributed by atoms with E-state index in [1.54, 1.807) is 12.2 Å². The molecule has 0 N–H and O–H groups in total. The monoisotopic (exact) mass is 126 g/mol. The van der Waals surface area contributed by atoms with Gasteiger partial charge in [-0.05, 0) is 12.8 Å². The van der Waals surface area contributed by atoms with Crippen molar-refractivity contribution in [3.63, 3.8) is 0 Å². The highest BCUT2D eigenvalue weighted by molar-refractivity contribution is 4.88. The van der Waals surface area contributed by atoms with Crippen LogP contribution < -0.4 is 0 Å². The van der Waals surface area contributed by atoms with Gasteiger partial charge in [-0.1, -0.05) is 25.3 Å². The second-order valence-corrected chi connectivity index (χ2v) is 1.79. The highest BCUT2D eigenvalue weighted by atomic mass is 16.5. The second kappa shape index (κ2) is 7.44. The fraction of sp³-hybridized carbons (Fsp3) is 0.500. The van der Waals surface area contributed by atoms with E-state index in [1.165, 1.54) is 12.8 Å². The van der Waals surface area contributed by atoms with Crippen molar-refractivity contribution in [1.82, 2.24) is 0 Å². The lowest BCUT2D eigenvalue weighted by atomic mass is 10.4. The number of hydrogen-bond donors (Lipinski definition) is 0. The van der Waals surface area contributed by atoms with Crippen LogP contribution in [-0.2, 0) is 4.74 Å². The third-order valence-corrected chi connectivity index (χ3v) is 0.994. The third kappa shape index (κ3) is 7.44. The maximum Gasteiger partial charge on any atom is 0.0466 e. The van der Waals surface area contributed by atoms with Crippen LogP contribution in [0.4, 0.5) is 0 Å². The Morgan fingerprint density at radius 1 is 1.00 bits per heavy atom. The summed E-state index contributed by atoms with van der Waals surface area (Å²) in [5.41, 5.74) is 0. The van der Waals surface area contributed by atoms with Gasteiger partial charge in [0.15, 0.2) is 0 Å². The van der Waals surface area contributed by atoms with Crippen LogP contribution in [0.15, 0.2) is 25.3 Å². The van der Waals surface area contributed by atoms with Gasteiger partial charge in [0.1, 0.15) is 0 Å². The van der Waals surface area contributed by atoms with E-state index in [0.717, 1.165) is 13.2 Å². The van der Waals surface area contributed by atoms with Crippen LogP contribution in [0.3, 0.4) is 0 Å². The first-order valence-electron chi connectivity index (χ1n) is 3.23. The summed E-state index contributed by atoms with van der Waals surface area (Å²) in [7, 11) is 0.